The molecule has 0 radical (unpaired) electrons. The van der Waals surface area contributed by atoms with E-state index < -0.39 is 10.0 Å². The maximum absolute atomic E-state index is 12.5. The van der Waals surface area contributed by atoms with Gasteiger partial charge in [-0.25, -0.2) is 8.42 Å². The van der Waals surface area contributed by atoms with Gasteiger partial charge in [0.1, 0.15) is 0 Å². The van der Waals surface area contributed by atoms with Crippen LogP contribution in [-0.2, 0) is 16.6 Å². The quantitative estimate of drug-likeness (QED) is 0.877. The summed E-state index contributed by atoms with van der Waals surface area (Å²) in [6, 6.07) is 5.71. The Bertz CT molecular complexity index is 610. The first kappa shape index (κ1) is 14.3. The number of nitrogens with one attached hydrogen (secondary N) is 1. The molecular formula is C14H19ClN2O2S. The van der Waals surface area contributed by atoms with Crippen molar-refractivity contribution in [3.8, 4) is 0 Å². The lowest BCUT2D eigenvalue weighted by Crippen LogP contribution is -2.29. The third-order valence-corrected chi connectivity index (χ3v) is 6.19. The monoisotopic (exact) mass is 314 g/mol. The molecule has 2 fully saturated rings. The fraction of sp³-hybridized carbons (Fsp3) is 0.571. The molecule has 2 saturated carbocycles. The normalized spacial score (nSPS) is 19.6. The Morgan fingerprint density at radius 1 is 1.30 bits per heavy atom. The zero-order valence-corrected chi connectivity index (χ0v) is 13.0. The van der Waals surface area contributed by atoms with Crippen LogP contribution in [0.1, 0.15) is 31.2 Å². The van der Waals surface area contributed by atoms with Crippen molar-refractivity contribution in [2.45, 2.75) is 49.2 Å². The Hall–Kier alpha value is -0.620. The molecule has 0 spiro atoms. The molecule has 0 aliphatic heterocycles. The molecule has 1 aromatic carbocycles. The summed E-state index contributed by atoms with van der Waals surface area (Å²) in [7, 11) is -1.73. The van der Waals surface area contributed by atoms with E-state index in [0.717, 1.165) is 18.4 Å². The zero-order chi connectivity index (χ0) is 14.3. The minimum atomic E-state index is -3.39. The molecule has 20 heavy (non-hydrogen) atoms. The van der Waals surface area contributed by atoms with Crippen LogP contribution in [0.25, 0.3) is 0 Å². The largest absolute Gasteiger partial charge is 0.310 e. The number of halogens is 1. The first-order valence-electron chi connectivity index (χ1n) is 6.98. The number of hydrogen-bond acceptors (Lipinski definition) is 3. The van der Waals surface area contributed by atoms with E-state index in [0.29, 0.717) is 22.5 Å². The van der Waals surface area contributed by atoms with Gasteiger partial charge in [-0.2, -0.15) is 4.31 Å². The summed E-state index contributed by atoms with van der Waals surface area (Å²) in [5, 5.41) is 3.98. The topological polar surface area (TPSA) is 49.4 Å². The highest BCUT2D eigenvalue weighted by atomic mass is 35.5. The molecular weight excluding hydrogens is 296 g/mol. The van der Waals surface area contributed by atoms with Crippen LogP contribution >= 0.6 is 11.6 Å². The second-order valence-corrected chi connectivity index (χ2v) is 8.07. The van der Waals surface area contributed by atoms with E-state index in [2.05, 4.69) is 5.32 Å². The highest BCUT2D eigenvalue weighted by Gasteiger charge is 2.35. The second-order valence-electron chi connectivity index (χ2n) is 5.66. The van der Waals surface area contributed by atoms with E-state index in [1.54, 1.807) is 25.2 Å². The van der Waals surface area contributed by atoms with E-state index in [1.807, 2.05) is 0 Å². The summed E-state index contributed by atoms with van der Waals surface area (Å²) in [6.45, 7) is 0.625. The molecule has 4 nitrogen and oxygen atoms in total. The minimum Gasteiger partial charge on any atom is -0.310 e. The smallest absolute Gasteiger partial charge is 0.243 e. The average Bonchev–Trinajstić information content (AvgIpc) is 3.29. The molecule has 0 heterocycles. The molecule has 0 unspecified atom stereocenters. The van der Waals surface area contributed by atoms with E-state index in [1.165, 1.54) is 17.1 Å². The van der Waals surface area contributed by atoms with Crippen LogP contribution in [0, 0.1) is 0 Å². The SMILES string of the molecule is CN(C1CC1)S(=O)(=O)c1ccc(Cl)c(CNC2CC2)c1. The molecule has 2 aliphatic rings. The zero-order valence-electron chi connectivity index (χ0n) is 11.5. The van der Waals surface area contributed by atoms with E-state index in [-0.39, 0.29) is 6.04 Å². The molecule has 6 heteroatoms. The fourth-order valence-electron chi connectivity index (χ4n) is 2.19. The number of rotatable bonds is 6. The Morgan fingerprint density at radius 3 is 2.60 bits per heavy atom. The maximum atomic E-state index is 12.5. The highest BCUT2D eigenvalue weighted by Crippen LogP contribution is 2.31. The molecule has 0 amide bonds. The summed E-state index contributed by atoms with van der Waals surface area (Å²) >= 11 is 6.16. The summed E-state index contributed by atoms with van der Waals surface area (Å²) in [5.74, 6) is 0. The molecule has 0 bridgehead atoms. The van der Waals surface area contributed by atoms with Crippen molar-refractivity contribution in [3.05, 3.63) is 28.8 Å². The molecule has 2 aliphatic carbocycles. The lowest BCUT2D eigenvalue weighted by molar-refractivity contribution is 0.464. The van der Waals surface area contributed by atoms with Crippen LogP contribution in [-0.4, -0.2) is 31.9 Å². The van der Waals surface area contributed by atoms with Crippen molar-refractivity contribution in [3.63, 3.8) is 0 Å². The minimum absolute atomic E-state index is 0.170. The first-order valence-corrected chi connectivity index (χ1v) is 8.80. The van der Waals surface area contributed by atoms with Gasteiger partial charge in [-0.1, -0.05) is 11.6 Å². The van der Waals surface area contributed by atoms with Crippen molar-refractivity contribution in [1.29, 1.82) is 0 Å². The average molecular weight is 315 g/mol. The lowest BCUT2D eigenvalue weighted by Gasteiger charge is -2.17. The molecule has 3 rings (SSSR count). The molecule has 0 aromatic heterocycles. The first-order chi connectivity index (χ1) is 9.48. The van der Waals surface area contributed by atoms with Gasteiger partial charge in [-0.3, -0.25) is 0 Å². The van der Waals surface area contributed by atoms with Crippen LogP contribution in [0.15, 0.2) is 23.1 Å². The van der Waals surface area contributed by atoms with Crippen LogP contribution in [0.3, 0.4) is 0 Å². The van der Waals surface area contributed by atoms with Crippen LogP contribution in [0.4, 0.5) is 0 Å². The summed E-state index contributed by atoms with van der Waals surface area (Å²) in [4.78, 5) is 0.337. The van der Waals surface area contributed by atoms with Crippen LogP contribution in [0.5, 0.6) is 0 Å². The van der Waals surface area contributed by atoms with E-state index in [9.17, 15) is 8.42 Å². The van der Waals surface area contributed by atoms with E-state index in [4.69, 9.17) is 11.6 Å². The lowest BCUT2D eigenvalue weighted by atomic mass is 10.2. The Labute approximate surface area is 125 Å². The number of benzene rings is 1. The summed E-state index contributed by atoms with van der Waals surface area (Å²) in [5.41, 5.74) is 0.851. The van der Waals surface area contributed by atoms with Gasteiger partial charge in [-0.05, 0) is 49.4 Å². The van der Waals surface area contributed by atoms with Gasteiger partial charge in [0.05, 0.1) is 4.90 Å². The molecule has 0 atom stereocenters. The van der Waals surface area contributed by atoms with Crippen LogP contribution < -0.4 is 5.32 Å². The Morgan fingerprint density at radius 2 is 2.00 bits per heavy atom. The van der Waals surface area contributed by atoms with E-state index >= 15 is 0 Å². The predicted octanol–water partition coefficient (Wildman–Crippen LogP) is 2.37. The second kappa shape index (κ2) is 5.30. The highest BCUT2D eigenvalue weighted by molar-refractivity contribution is 7.89. The molecule has 1 aromatic rings. The molecule has 1 N–H and O–H groups in total. The van der Waals surface area contributed by atoms with Gasteiger partial charge in [-0.15, -0.1) is 0 Å². The summed E-state index contributed by atoms with van der Waals surface area (Å²) in [6.07, 6.45) is 4.30. The van der Waals surface area contributed by atoms with Crippen molar-refractivity contribution in [2.24, 2.45) is 0 Å². The number of nitrogens with zero attached hydrogens (tertiary/aromatic N) is 1. The van der Waals surface area contributed by atoms with Gasteiger partial charge in [0.25, 0.3) is 0 Å². The Balaban J connectivity index is 1.83. The van der Waals surface area contributed by atoms with Gasteiger partial charge < -0.3 is 5.32 Å². The van der Waals surface area contributed by atoms with Crippen LogP contribution in [0.2, 0.25) is 5.02 Å². The maximum Gasteiger partial charge on any atom is 0.243 e. The van der Waals surface area contributed by atoms with Gasteiger partial charge in [0.2, 0.25) is 10.0 Å². The van der Waals surface area contributed by atoms with Gasteiger partial charge in [0.15, 0.2) is 0 Å². The Kier molecular flexibility index (Phi) is 3.79. The standard InChI is InChI=1S/C14H19ClN2O2S/c1-17(12-4-5-12)20(18,19)13-6-7-14(15)10(8-13)9-16-11-2-3-11/h6-8,11-12,16H,2-5,9H2,1H3. The van der Waals surface area contributed by atoms with Crippen molar-refractivity contribution in [1.82, 2.24) is 9.62 Å². The third-order valence-electron chi connectivity index (χ3n) is 3.91. The van der Waals surface area contributed by atoms with Crippen molar-refractivity contribution < 1.29 is 8.42 Å². The molecule has 110 valence electrons. The summed E-state index contributed by atoms with van der Waals surface area (Å²) < 4.78 is 26.5. The van der Waals surface area contributed by atoms with Gasteiger partial charge >= 0.3 is 0 Å². The predicted molar refractivity (Wildman–Crippen MR) is 79.3 cm³/mol. The molecule has 0 saturated heterocycles. The number of hydrogen-bond donors (Lipinski definition) is 1. The number of sulfonamides is 1. The van der Waals surface area contributed by atoms with Gasteiger partial charge in [0, 0.05) is 30.7 Å². The van der Waals surface area contributed by atoms with Crippen molar-refractivity contribution in [2.75, 3.05) is 7.05 Å². The van der Waals surface area contributed by atoms with Crippen molar-refractivity contribution >= 4 is 21.6 Å². The fourth-order valence-corrected chi connectivity index (χ4v) is 3.84. The third kappa shape index (κ3) is 3.01.